The van der Waals surface area contributed by atoms with Crippen molar-refractivity contribution in [3.63, 3.8) is 0 Å². The first-order valence-electron chi connectivity index (χ1n) is 6.11. The lowest BCUT2D eigenvalue weighted by atomic mass is 10.4. The van der Waals surface area contributed by atoms with Gasteiger partial charge in [-0.05, 0) is 25.7 Å². The van der Waals surface area contributed by atoms with Crippen LogP contribution in [0.2, 0.25) is 0 Å². The van der Waals surface area contributed by atoms with Crippen LogP contribution in [0.1, 0.15) is 25.7 Å². The van der Waals surface area contributed by atoms with Gasteiger partial charge < -0.3 is 9.80 Å². The monoisotopic (exact) mass is 223 g/mol. The number of likely N-dealkylation sites (tertiary alicyclic amines) is 2. The van der Waals surface area contributed by atoms with Crippen molar-refractivity contribution in [2.75, 3.05) is 33.2 Å². The van der Waals surface area contributed by atoms with E-state index in [4.69, 9.17) is 10.8 Å². The molecule has 0 aliphatic carbocycles. The topological polar surface area (TPSA) is 57.4 Å². The standard InChI is InChI=1S/C11H21N5/c1-14(10(12)15-6-2-3-7-15)11(13)16-8-4-5-9-16/h12-13H,2-9H2,1H3. The molecule has 90 valence electrons. The average molecular weight is 223 g/mol. The Morgan fingerprint density at radius 1 is 0.812 bits per heavy atom. The normalized spacial score (nSPS) is 20.3. The van der Waals surface area contributed by atoms with Crippen LogP contribution in [0.5, 0.6) is 0 Å². The number of rotatable bonds is 0. The van der Waals surface area contributed by atoms with E-state index in [1.807, 2.05) is 7.05 Å². The van der Waals surface area contributed by atoms with Gasteiger partial charge in [-0.2, -0.15) is 0 Å². The zero-order chi connectivity index (χ0) is 11.5. The molecule has 0 aromatic heterocycles. The molecular weight excluding hydrogens is 202 g/mol. The lowest BCUT2D eigenvalue weighted by molar-refractivity contribution is 0.407. The summed E-state index contributed by atoms with van der Waals surface area (Å²) in [4.78, 5) is 5.83. The maximum absolute atomic E-state index is 8.07. The Hall–Kier alpha value is -1.26. The summed E-state index contributed by atoms with van der Waals surface area (Å²) in [7, 11) is 1.83. The van der Waals surface area contributed by atoms with Crippen LogP contribution in [0.3, 0.4) is 0 Å². The molecule has 5 heteroatoms. The summed E-state index contributed by atoms with van der Waals surface area (Å²) in [6.45, 7) is 3.87. The molecule has 16 heavy (non-hydrogen) atoms. The van der Waals surface area contributed by atoms with Crippen molar-refractivity contribution in [1.29, 1.82) is 10.8 Å². The van der Waals surface area contributed by atoms with E-state index in [1.165, 1.54) is 25.7 Å². The van der Waals surface area contributed by atoms with E-state index in [0.29, 0.717) is 11.9 Å². The Kier molecular flexibility index (Phi) is 3.31. The zero-order valence-corrected chi connectivity index (χ0v) is 10.00. The van der Waals surface area contributed by atoms with Gasteiger partial charge in [0.25, 0.3) is 0 Å². The average Bonchev–Trinajstić information content (AvgIpc) is 2.97. The fourth-order valence-electron chi connectivity index (χ4n) is 2.38. The highest BCUT2D eigenvalue weighted by atomic mass is 15.4. The zero-order valence-electron chi connectivity index (χ0n) is 10.00. The molecule has 2 saturated heterocycles. The number of guanidine groups is 2. The lowest BCUT2D eigenvalue weighted by Crippen LogP contribution is -2.48. The second-order valence-corrected chi connectivity index (χ2v) is 4.59. The summed E-state index contributed by atoms with van der Waals surface area (Å²) in [5, 5.41) is 16.1. The molecule has 2 heterocycles. The first-order valence-corrected chi connectivity index (χ1v) is 6.11. The molecule has 0 saturated carbocycles. The highest BCUT2D eigenvalue weighted by Gasteiger charge is 2.24. The molecule has 0 unspecified atom stereocenters. The molecule has 2 fully saturated rings. The third-order valence-electron chi connectivity index (χ3n) is 3.45. The van der Waals surface area contributed by atoms with Gasteiger partial charge in [0, 0.05) is 33.2 Å². The van der Waals surface area contributed by atoms with Crippen LogP contribution in [0.15, 0.2) is 0 Å². The van der Waals surface area contributed by atoms with Gasteiger partial charge in [0.05, 0.1) is 0 Å². The Morgan fingerprint density at radius 3 is 1.44 bits per heavy atom. The van der Waals surface area contributed by atoms with Gasteiger partial charge in [0.1, 0.15) is 0 Å². The second-order valence-electron chi connectivity index (χ2n) is 4.59. The van der Waals surface area contributed by atoms with Crippen molar-refractivity contribution in [3.8, 4) is 0 Å². The van der Waals surface area contributed by atoms with Crippen LogP contribution in [0.25, 0.3) is 0 Å². The van der Waals surface area contributed by atoms with E-state index in [-0.39, 0.29) is 0 Å². The smallest absolute Gasteiger partial charge is 0.200 e. The van der Waals surface area contributed by atoms with Crippen LogP contribution >= 0.6 is 0 Å². The predicted molar refractivity (Wildman–Crippen MR) is 64.8 cm³/mol. The third-order valence-corrected chi connectivity index (χ3v) is 3.45. The summed E-state index contributed by atoms with van der Waals surface area (Å²) in [6.07, 6.45) is 4.70. The van der Waals surface area contributed by atoms with Crippen LogP contribution in [-0.4, -0.2) is 59.8 Å². The van der Waals surface area contributed by atoms with Crippen molar-refractivity contribution in [2.45, 2.75) is 25.7 Å². The summed E-state index contributed by atoms with van der Waals surface area (Å²) >= 11 is 0. The lowest BCUT2D eigenvalue weighted by Gasteiger charge is -2.31. The van der Waals surface area contributed by atoms with Gasteiger partial charge in [0.2, 0.25) is 0 Å². The van der Waals surface area contributed by atoms with Gasteiger partial charge in [-0.25, -0.2) is 0 Å². The summed E-state index contributed by atoms with van der Waals surface area (Å²) in [5.74, 6) is 0.962. The highest BCUT2D eigenvalue weighted by molar-refractivity contribution is 5.95. The molecule has 0 spiro atoms. The third kappa shape index (κ3) is 2.13. The van der Waals surface area contributed by atoms with E-state index < -0.39 is 0 Å². The summed E-state index contributed by atoms with van der Waals surface area (Å²) < 4.78 is 0. The SMILES string of the molecule is CN(C(=N)N1CCCC1)C(=N)N1CCCC1. The van der Waals surface area contributed by atoms with Crippen molar-refractivity contribution in [1.82, 2.24) is 14.7 Å². The second kappa shape index (κ2) is 4.72. The summed E-state index contributed by atoms with van der Waals surface area (Å²) in [6, 6.07) is 0. The van der Waals surface area contributed by atoms with Crippen molar-refractivity contribution < 1.29 is 0 Å². The Labute approximate surface area is 97.0 Å². The maximum Gasteiger partial charge on any atom is 0.200 e. The van der Waals surface area contributed by atoms with E-state index in [1.54, 1.807) is 4.90 Å². The largest absolute Gasteiger partial charge is 0.343 e. The van der Waals surface area contributed by atoms with Crippen LogP contribution < -0.4 is 0 Å². The minimum absolute atomic E-state index is 0.481. The molecule has 2 aliphatic heterocycles. The number of nitrogens with one attached hydrogen (secondary N) is 2. The minimum atomic E-state index is 0.481. The first-order chi connectivity index (χ1) is 7.70. The first kappa shape index (κ1) is 11.2. The molecule has 0 bridgehead atoms. The Balaban J connectivity index is 1.92. The van der Waals surface area contributed by atoms with Crippen molar-refractivity contribution in [3.05, 3.63) is 0 Å². The van der Waals surface area contributed by atoms with Crippen LogP contribution in [-0.2, 0) is 0 Å². The molecule has 2 aliphatic rings. The Bertz CT molecular complexity index is 248. The molecule has 0 aromatic carbocycles. The van der Waals surface area contributed by atoms with E-state index in [2.05, 4.69) is 9.80 Å². The number of hydrogen-bond acceptors (Lipinski definition) is 2. The van der Waals surface area contributed by atoms with E-state index >= 15 is 0 Å². The summed E-state index contributed by atoms with van der Waals surface area (Å²) in [5.41, 5.74) is 0. The maximum atomic E-state index is 8.07. The molecule has 2 rings (SSSR count). The number of hydrogen-bond donors (Lipinski definition) is 2. The molecular formula is C11H21N5. The molecule has 0 radical (unpaired) electrons. The molecule has 5 nitrogen and oxygen atoms in total. The molecule has 0 atom stereocenters. The van der Waals surface area contributed by atoms with Crippen molar-refractivity contribution in [2.24, 2.45) is 0 Å². The Morgan fingerprint density at radius 2 is 1.12 bits per heavy atom. The fourth-order valence-corrected chi connectivity index (χ4v) is 2.38. The van der Waals surface area contributed by atoms with Crippen molar-refractivity contribution >= 4 is 11.9 Å². The van der Waals surface area contributed by atoms with E-state index in [0.717, 1.165) is 26.2 Å². The molecule has 0 aromatic rings. The fraction of sp³-hybridized carbons (Fsp3) is 0.818. The van der Waals surface area contributed by atoms with Gasteiger partial charge in [0.15, 0.2) is 11.9 Å². The van der Waals surface area contributed by atoms with Gasteiger partial charge >= 0.3 is 0 Å². The predicted octanol–water partition coefficient (Wildman–Crippen LogP) is 0.979. The molecule has 0 amide bonds. The van der Waals surface area contributed by atoms with Gasteiger partial charge in [-0.15, -0.1) is 0 Å². The van der Waals surface area contributed by atoms with Gasteiger partial charge in [-0.1, -0.05) is 0 Å². The van der Waals surface area contributed by atoms with Crippen LogP contribution in [0.4, 0.5) is 0 Å². The minimum Gasteiger partial charge on any atom is -0.343 e. The quantitative estimate of drug-likeness (QED) is 0.475. The van der Waals surface area contributed by atoms with Crippen LogP contribution in [0, 0.1) is 10.8 Å². The highest BCUT2D eigenvalue weighted by Crippen LogP contribution is 2.12. The number of nitrogens with zero attached hydrogens (tertiary/aromatic N) is 3. The van der Waals surface area contributed by atoms with Gasteiger partial charge in [-0.3, -0.25) is 15.7 Å². The van der Waals surface area contributed by atoms with E-state index in [9.17, 15) is 0 Å². The molecule has 2 N–H and O–H groups in total.